The normalized spacial score (nSPS) is 19.1. The summed E-state index contributed by atoms with van der Waals surface area (Å²) in [6.45, 7) is 0.294. The average Bonchev–Trinajstić information content (AvgIpc) is 2.55. The van der Waals surface area contributed by atoms with Gasteiger partial charge in [-0.3, -0.25) is 9.69 Å². The van der Waals surface area contributed by atoms with Crippen molar-refractivity contribution in [1.29, 1.82) is 0 Å². The Morgan fingerprint density at radius 2 is 2.17 bits per heavy atom. The molecule has 5 nitrogen and oxygen atoms in total. The number of hydrogen-bond donors (Lipinski definition) is 1. The minimum absolute atomic E-state index is 0.0291. The van der Waals surface area contributed by atoms with Gasteiger partial charge in [0.05, 0.1) is 20.3 Å². The Balaban J connectivity index is 1.75. The molecule has 8 heteroatoms. The van der Waals surface area contributed by atoms with Crippen molar-refractivity contribution in [1.82, 2.24) is 10.2 Å². The van der Waals surface area contributed by atoms with Gasteiger partial charge in [0.25, 0.3) is 0 Å². The number of alkyl halides is 3. The van der Waals surface area contributed by atoms with E-state index in [9.17, 15) is 18.0 Å². The van der Waals surface area contributed by atoms with Gasteiger partial charge in [0.1, 0.15) is 5.75 Å². The average molecular weight is 346 g/mol. The van der Waals surface area contributed by atoms with Crippen LogP contribution in [0.4, 0.5) is 13.2 Å². The van der Waals surface area contributed by atoms with E-state index in [0.717, 1.165) is 11.3 Å². The number of hydrogen-bond acceptors (Lipinski definition) is 4. The van der Waals surface area contributed by atoms with Crippen molar-refractivity contribution in [2.75, 3.05) is 39.9 Å². The van der Waals surface area contributed by atoms with Gasteiger partial charge in [-0.2, -0.15) is 13.2 Å². The van der Waals surface area contributed by atoms with Gasteiger partial charge in [-0.1, -0.05) is 18.2 Å². The van der Waals surface area contributed by atoms with Crippen molar-refractivity contribution >= 4 is 5.91 Å². The number of morpholine rings is 1. The molecule has 1 amide bonds. The monoisotopic (exact) mass is 346 g/mol. The van der Waals surface area contributed by atoms with E-state index in [0.29, 0.717) is 19.5 Å². The van der Waals surface area contributed by atoms with Crippen molar-refractivity contribution in [3.05, 3.63) is 29.8 Å². The lowest BCUT2D eigenvalue weighted by atomic mass is 10.1. The van der Waals surface area contributed by atoms with Gasteiger partial charge >= 0.3 is 6.18 Å². The van der Waals surface area contributed by atoms with E-state index in [1.807, 2.05) is 24.3 Å². The summed E-state index contributed by atoms with van der Waals surface area (Å²) in [5, 5.41) is 2.73. The zero-order valence-electron chi connectivity index (χ0n) is 13.4. The molecule has 1 atom stereocenters. The van der Waals surface area contributed by atoms with E-state index in [1.165, 1.54) is 4.90 Å². The smallest absolute Gasteiger partial charge is 0.415 e. The third-order valence-corrected chi connectivity index (χ3v) is 3.79. The Morgan fingerprint density at radius 3 is 2.88 bits per heavy atom. The second-order valence-corrected chi connectivity index (χ2v) is 5.55. The molecule has 1 aromatic rings. The predicted molar refractivity (Wildman–Crippen MR) is 81.9 cm³/mol. The summed E-state index contributed by atoms with van der Waals surface area (Å²) >= 11 is 0. The fourth-order valence-corrected chi connectivity index (χ4v) is 2.55. The first-order valence-electron chi connectivity index (χ1n) is 7.69. The number of methoxy groups -OCH3 is 1. The highest BCUT2D eigenvalue weighted by Crippen LogP contribution is 2.25. The summed E-state index contributed by atoms with van der Waals surface area (Å²) in [5.74, 6) is 0.445. The quantitative estimate of drug-likeness (QED) is 0.850. The highest BCUT2D eigenvalue weighted by atomic mass is 19.4. The Morgan fingerprint density at radius 1 is 1.42 bits per heavy atom. The molecule has 1 heterocycles. The maximum Gasteiger partial charge on any atom is 0.415 e. The molecule has 1 aliphatic heterocycles. The predicted octanol–water partition coefficient (Wildman–Crippen LogP) is 1.62. The van der Waals surface area contributed by atoms with Crippen LogP contribution in [0, 0.1) is 0 Å². The van der Waals surface area contributed by atoms with Crippen molar-refractivity contribution in [3.63, 3.8) is 0 Å². The molecule has 1 aliphatic rings. The third kappa shape index (κ3) is 5.38. The minimum atomic E-state index is -4.40. The van der Waals surface area contributed by atoms with Gasteiger partial charge in [-0.25, -0.2) is 0 Å². The van der Waals surface area contributed by atoms with Crippen LogP contribution in [-0.4, -0.2) is 63.0 Å². The van der Waals surface area contributed by atoms with Crippen LogP contribution in [0.15, 0.2) is 24.3 Å². The molecule has 0 saturated carbocycles. The Hall–Kier alpha value is -1.80. The van der Waals surface area contributed by atoms with Crippen molar-refractivity contribution in [2.24, 2.45) is 0 Å². The maximum absolute atomic E-state index is 12.6. The van der Waals surface area contributed by atoms with Crippen LogP contribution in [0.25, 0.3) is 0 Å². The van der Waals surface area contributed by atoms with E-state index >= 15 is 0 Å². The van der Waals surface area contributed by atoms with Crippen molar-refractivity contribution < 1.29 is 27.4 Å². The third-order valence-electron chi connectivity index (χ3n) is 3.79. The molecule has 1 aromatic carbocycles. The summed E-state index contributed by atoms with van der Waals surface area (Å²) < 4.78 is 47.9. The molecule has 24 heavy (non-hydrogen) atoms. The summed E-state index contributed by atoms with van der Waals surface area (Å²) in [7, 11) is 1.58. The van der Waals surface area contributed by atoms with E-state index < -0.39 is 12.3 Å². The molecule has 0 unspecified atom stereocenters. The number of rotatable bonds is 6. The lowest BCUT2D eigenvalue weighted by Gasteiger charge is -2.33. The molecule has 2 rings (SSSR count). The number of nitrogens with zero attached hydrogens (tertiary/aromatic N) is 1. The fourth-order valence-electron chi connectivity index (χ4n) is 2.55. The topological polar surface area (TPSA) is 50.8 Å². The molecule has 0 aromatic heterocycles. The van der Waals surface area contributed by atoms with Gasteiger partial charge in [-0.05, 0) is 18.1 Å². The molecule has 0 radical (unpaired) electrons. The van der Waals surface area contributed by atoms with Crippen LogP contribution in [0.2, 0.25) is 0 Å². The highest BCUT2D eigenvalue weighted by Gasteiger charge is 2.43. The number of carbonyl (C=O) groups is 1. The molecule has 1 saturated heterocycles. The van der Waals surface area contributed by atoms with Gasteiger partial charge in [0.2, 0.25) is 5.91 Å². The second kappa shape index (κ2) is 8.34. The van der Waals surface area contributed by atoms with Gasteiger partial charge < -0.3 is 14.8 Å². The highest BCUT2D eigenvalue weighted by molar-refractivity contribution is 5.78. The van der Waals surface area contributed by atoms with Crippen LogP contribution in [0.3, 0.4) is 0 Å². The number of halogens is 3. The van der Waals surface area contributed by atoms with Crippen LogP contribution < -0.4 is 10.1 Å². The molecule has 0 aliphatic carbocycles. The first kappa shape index (κ1) is 18.5. The standard InChI is InChI=1S/C16H21F3N2O3/c1-23-13-5-3-2-4-12(13)6-7-20-15(22)11-21-8-9-24-14(10-21)16(17,18)19/h2-5,14H,6-11H2,1H3,(H,20,22)/t14-/m0/s1. The lowest BCUT2D eigenvalue weighted by molar-refractivity contribution is -0.237. The van der Waals surface area contributed by atoms with Crippen molar-refractivity contribution in [2.45, 2.75) is 18.7 Å². The van der Waals surface area contributed by atoms with Crippen LogP contribution >= 0.6 is 0 Å². The molecular weight excluding hydrogens is 325 g/mol. The number of nitrogens with one attached hydrogen (secondary N) is 1. The van der Waals surface area contributed by atoms with E-state index in [4.69, 9.17) is 9.47 Å². The van der Waals surface area contributed by atoms with Gasteiger partial charge in [0, 0.05) is 19.6 Å². The lowest BCUT2D eigenvalue weighted by Crippen LogP contribution is -2.51. The van der Waals surface area contributed by atoms with Gasteiger partial charge in [-0.15, -0.1) is 0 Å². The number of para-hydroxylation sites is 1. The Labute approximate surface area is 138 Å². The van der Waals surface area contributed by atoms with Crippen molar-refractivity contribution in [3.8, 4) is 5.75 Å². The van der Waals surface area contributed by atoms with E-state index in [-0.39, 0.29) is 25.6 Å². The largest absolute Gasteiger partial charge is 0.496 e. The fraction of sp³-hybridized carbons (Fsp3) is 0.562. The van der Waals surface area contributed by atoms with E-state index in [2.05, 4.69) is 5.32 Å². The first-order chi connectivity index (χ1) is 11.4. The zero-order valence-corrected chi connectivity index (χ0v) is 13.4. The zero-order chi connectivity index (χ0) is 17.6. The molecule has 1 fully saturated rings. The van der Waals surface area contributed by atoms with E-state index in [1.54, 1.807) is 7.11 Å². The number of amides is 1. The van der Waals surface area contributed by atoms with Crippen LogP contribution in [0.1, 0.15) is 5.56 Å². The number of carbonyl (C=O) groups excluding carboxylic acids is 1. The molecule has 0 bridgehead atoms. The van der Waals surface area contributed by atoms with Gasteiger partial charge in [0.15, 0.2) is 6.10 Å². The molecular formula is C16H21F3N2O3. The Bertz CT molecular complexity index is 552. The maximum atomic E-state index is 12.6. The minimum Gasteiger partial charge on any atom is -0.496 e. The first-order valence-corrected chi connectivity index (χ1v) is 7.69. The van der Waals surface area contributed by atoms with Crippen LogP contribution in [-0.2, 0) is 16.0 Å². The molecule has 134 valence electrons. The van der Waals surface area contributed by atoms with Crippen LogP contribution in [0.5, 0.6) is 5.75 Å². The molecule has 1 N–H and O–H groups in total. The SMILES string of the molecule is COc1ccccc1CCNC(=O)CN1CCO[C@H](C(F)(F)F)C1. The number of ether oxygens (including phenoxy) is 2. The summed E-state index contributed by atoms with van der Waals surface area (Å²) in [4.78, 5) is 13.4. The summed E-state index contributed by atoms with van der Waals surface area (Å²) in [5.41, 5.74) is 0.962. The number of benzene rings is 1. The molecule has 0 spiro atoms. The second-order valence-electron chi connectivity index (χ2n) is 5.55. The summed E-state index contributed by atoms with van der Waals surface area (Å²) in [6, 6.07) is 7.48. The Kier molecular flexibility index (Phi) is 6.44. The summed E-state index contributed by atoms with van der Waals surface area (Å²) in [6.07, 6.45) is -5.64.